The molecular weight excluding hydrogens is 363 g/mol. The molecule has 2 atom stereocenters. The van der Waals surface area contributed by atoms with Gasteiger partial charge in [0.25, 0.3) is 0 Å². The van der Waals surface area contributed by atoms with Crippen LogP contribution in [0.5, 0.6) is 0 Å². The number of hydrogen-bond donors (Lipinski definition) is 0. The number of ether oxygens (including phenoxy) is 1. The molecule has 0 aromatic carbocycles. The van der Waals surface area contributed by atoms with Crippen molar-refractivity contribution in [3.05, 3.63) is 0 Å². The van der Waals surface area contributed by atoms with Crippen molar-refractivity contribution in [2.24, 2.45) is 5.41 Å². The molecule has 1 unspecified atom stereocenters. The zero-order valence-electron chi connectivity index (χ0n) is 17.5. The topological polar surface area (TPSA) is 38.8 Å². The van der Waals surface area contributed by atoms with Crippen molar-refractivity contribution in [2.45, 2.75) is 90.8 Å². The molecule has 1 heterocycles. The molecule has 0 radical (unpaired) electrons. The molecule has 1 rings (SSSR count). The fourth-order valence-corrected chi connectivity index (χ4v) is 3.65. The highest BCUT2D eigenvalue weighted by Gasteiger charge is 2.59. The van der Waals surface area contributed by atoms with Crippen LogP contribution in [0.15, 0.2) is 0 Å². The summed E-state index contributed by atoms with van der Waals surface area (Å²) in [6, 6.07) is -0.648. The standard InChI is InChI=1S/C18H34F3NO3Si/c1-15(2,3)25-14(23)22-12-17(7,18(19,20)21)10-13(22)11-24-26(8,9)16(4,5)6/h13H,10-12H2,1-9H3/t13-,17?/m0/s1. The predicted molar refractivity (Wildman–Crippen MR) is 98.7 cm³/mol. The maximum Gasteiger partial charge on any atom is 0.410 e. The van der Waals surface area contributed by atoms with Gasteiger partial charge in [0.1, 0.15) is 5.60 Å². The molecule has 8 heteroatoms. The molecular formula is C18H34F3NO3Si. The Morgan fingerprint density at radius 3 is 2.04 bits per heavy atom. The Labute approximate surface area is 156 Å². The fourth-order valence-electron chi connectivity index (χ4n) is 2.61. The first kappa shape index (κ1) is 23.3. The van der Waals surface area contributed by atoms with Crippen LogP contribution >= 0.6 is 0 Å². The third kappa shape index (κ3) is 5.37. The van der Waals surface area contributed by atoms with Crippen molar-refractivity contribution >= 4 is 14.4 Å². The van der Waals surface area contributed by atoms with Crippen molar-refractivity contribution in [1.29, 1.82) is 0 Å². The van der Waals surface area contributed by atoms with E-state index in [1.807, 2.05) is 13.1 Å². The number of alkyl halides is 3. The van der Waals surface area contributed by atoms with Crippen molar-refractivity contribution in [3.8, 4) is 0 Å². The van der Waals surface area contributed by atoms with E-state index in [4.69, 9.17) is 9.16 Å². The van der Waals surface area contributed by atoms with E-state index in [2.05, 4.69) is 20.8 Å². The molecule has 154 valence electrons. The third-order valence-corrected chi connectivity index (χ3v) is 9.90. The van der Waals surface area contributed by atoms with Gasteiger partial charge in [-0.3, -0.25) is 0 Å². The Bertz CT molecular complexity index is 523. The summed E-state index contributed by atoms with van der Waals surface area (Å²) in [6.45, 7) is 16.2. The van der Waals surface area contributed by atoms with Gasteiger partial charge >= 0.3 is 12.3 Å². The lowest BCUT2D eigenvalue weighted by Crippen LogP contribution is -2.47. The normalized spacial score (nSPS) is 25.5. The number of carbonyl (C=O) groups excluding carboxylic acids is 1. The molecule has 1 aliphatic rings. The van der Waals surface area contributed by atoms with Crippen molar-refractivity contribution in [1.82, 2.24) is 4.90 Å². The van der Waals surface area contributed by atoms with Crippen molar-refractivity contribution in [3.63, 3.8) is 0 Å². The molecule has 0 aliphatic carbocycles. The summed E-state index contributed by atoms with van der Waals surface area (Å²) in [7, 11) is -2.14. The number of hydrogen-bond acceptors (Lipinski definition) is 3. The van der Waals surface area contributed by atoms with Gasteiger partial charge in [-0.2, -0.15) is 13.2 Å². The number of rotatable bonds is 3. The lowest BCUT2D eigenvalue weighted by molar-refractivity contribution is -0.212. The first-order valence-corrected chi connectivity index (χ1v) is 11.9. The first-order valence-electron chi connectivity index (χ1n) is 8.99. The number of amides is 1. The monoisotopic (exact) mass is 397 g/mol. The van der Waals surface area contributed by atoms with E-state index in [0.717, 1.165) is 6.92 Å². The number of nitrogens with zero attached hydrogens (tertiary/aromatic N) is 1. The zero-order valence-corrected chi connectivity index (χ0v) is 18.5. The molecule has 1 amide bonds. The molecule has 0 aromatic rings. The van der Waals surface area contributed by atoms with E-state index < -0.39 is 44.2 Å². The van der Waals surface area contributed by atoms with Crippen LogP contribution in [0, 0.1) is 5.41 Å². The SMILES string of the molecule is CC(C)(C)OC(=O)N1CC(C)(C(F)(F)F)C[C@H]1CO[Si](C)(C)C(C)(C)C. The summed E-state index contributed by atoms with van der Waals surface area (Å²) in [5, 5.41) is -0.0598. The molecule has 1 saturated heterocycles. The highest BCUT2D eigenvalue weighted by molar-refractivity contribution is 6.74. The minimum atomic E-state index is -4.39. The van der Waals surface area contributed by atoms with Crippen molar-refractivity contribution < 1.29 is 27.1 Å². The second-order valence-corrected chi connectivity index (χ2v) is 14.9. The Hall–Kier alpha value is -0.763. The number of carbonyl (C=O) groups is 1. The highest BCUT2D eigenvalue weighted by Crippen LogP contribution is 2.48. The van der Waals surface area contributed by atoms with E-state index in [0.29, 0.717) is 0 Å². The first-order chi connectivity index (χ1) is 11.3. The van der Waals surface area contributed by atoms with Crippen LogP contribution in [0.3, 0.4) is 0 Å². The smallest absolute Gasteiger partial charge is 0.410 e. The molecule has 0 aromatic heterocycles. The minimum absolute atomic E-state index is 0.0598. The van der Waals surface area contributed by atoms with Gasteiger partial charge in [0.05, 0.1) is 18.1 Å². The molecule has 26 heavy (non-hydrogen) atoms. The Morgan fingerprint density at radius 1 is 1.15 bits per heavy atom. The van der Waals surface area contributed by atoms with Gasteiger partial charge < -0.3 is 14.1 Å². The van der Waals surface area contributed by atoms with Crippen LogP contribution in [-0.2, 0) is 9.16 Å². The second kappa shape index (κ2) is 7.00. The Kier molecular flexibility index (Phi) is 6.27. The van der Waals surface area contributed by atoms with Gasteiger partial charge in [0, 0.05) is 6.54 Å². The van der Waals surface area contributed by atoms with Gasteiger partial charge in [-0.25, -0.2) is 4.79 Å². The molecule has 1 aliphatic heterocycles. The van der Waals surface area contributed by atoms with E-state index >= 15 is 0 Å². The molecule has 0 spiro atoms. The van der Waals surface area contributed by atoms with Crippen LogP contribution < -0.4 is 0 Å². The summed E-state index contributed by atoms with van der Waals surface area (Å²) < 4.78 is 52.1. The van der Waals surface area contributed by atoms with Gasteiger partial charge in [-0.1, -0.05) is 20.8 Å². The van der Waals surface area contributed by atoms with E-state index in [9.17, 15) is 18.0 Å². The van der Waals surface area contributed by atoms with E-state index in [1.54, 1.807) is 20.8 Å². The maximum atomic E-state index is 13.5. The maximum absolute atomic E-state index is 13.5. The lowest BCUT2D eigenvalue weighted by Gasteiger charge is -2.38. The quantitative estimate of drug-likeness (QED) is 0.583. The van der Waals surface area contributed by atoms with Gasteiger partial charge in [-0.15, -0.1) is 0 Å². The number of likely N-dealkylation sites (tertiary alicyclic amines) is 1. The molecule has 1 fully saturated rings. The third-order valence-electron chi connectivity index (χ3n) is 5.40. The molecule has 4 nitrogen and oxygen atoms in total. The fraction of sp³-hybridized carbons (Fsp3) is 0.944. The summed E-state index contributed by atoms with van der Waals surface area (Å²) >= 11 is 0. The molecule has 0 N–H and O–H groups in total. The summed E-state index contributed by atoms with van der Waals surface area (Å²) in [6.07, 6.45) is -5.28. The van der Waals surface area contributed by atoms with E-state index in [-0.39, 0.29) is 18.1 Å². The summed E-state index contributed by atoms with van der Waals surface area (Å²) in [5.41, 5.74) is -2.72. The largest absolute Gasteiger partial charge is 0.444 e. The summed E-state index contributed by atoms with van der Waals surface area (Å²) in [5.74, 6) is 0. The van der Waals surface area contributed by atoms with Crippen LogP contribution in [-0.4, -0.2) is 50.3 Å². The molecule has 0 saturated carbocycles. The van der Waals surface area contributed by atoms with Crippen LogP contribution in [0.1, 0.15) is 54.9 Å². The van der Waals surface area contributed by atoms with Crippen LogP contribution in [0.2, 0.25) is 18.1 Å². The number of halogens is 3. The van der Waals surface area contributed by atoms with Gasteiger partial charge in [-0.05, 0) is 52.2 Å². The van der Waals surface area contributed by atoms with Crippen LogP contribution in [0.25, 0.3) is 0 Å². The Morgan fingerprint density at radius 2 is 1.65 bits per heavy atom. The van der Waals surface area contributed by atoms with Crippen molar-refractivity contribution in [2.75, 3.05) is 13.2 Å². The lowest BCUT2D eigenvalue weighted by atomic mass is 9.87. The average Bonchev–Trinajstić information content (AvgIpc) is 2.71. The van der Waals surface area contributed by atoms with E-state index in [1.165, 1.54) is 4.90 Å². The summed E-state index contributed by atoms with van der Waals surface area (Å²) in [4.78, 5) is 13.7. The minimum Gasteiger partial charge on any atom is -0.444 e. The van der Waals surface area contributed by atoms with Gasteiger partial charge in [0.15, 0.2) is 8.32 Å². The Balaban J connectivity index is 3.02. The van der Waals surface area contributed by atoms with Crippen LogP contribution in [0.4, 0.5) is 18.0 Å². The zero-order chi connectivity index (χ0) is 20.8. The predicted octanol–water partition coefficient (Wildman–Crippen LogP) is 5.59. The van der Waals surface area contributed by atoms with Gasteiger partial charge in [0.2, 0.25) is 0 Å². The average molecular weight is 398 g/mol. The molecule has 0 bridgehead atoms. The highest BCUT2D eigenvalue weighted by atomic mass is 28.4. The second-order valence-electron chi connectivity index (χ2n) is 10.1.